The molecule has 0 saturated heterocycles. The van der Waals surface area contributed by atoms with Crippen LogP contribution in [0.1, 0.15) is 5.56 Å². The van der Waals surface area contributed by atoms with Gasteiger partial charge in [0.05, 0.1) is 11.3 Å². The molecule has 0 aliphatic rings. The minimum Gasteiger partial charge on any atom is -0.283 e. The van der Waals surface area contributed by atoms with E-state index < -0.39 is 11.4 Å². The molecule has 2 heterocycles. The Bertz CT molecular complexity index is 1470. The maximum absolute atomic E-state index is 15.0. The van der Waals surface area contributed by atoms with Gasteiger partial charge in [-0.15, -0.1) is 0 Å². The topological polar surface area (TPSA) is 52.7 Å². The third kappa shape index (κ3) is 3.31. The van der Waals surface area contributed by atoms with E-state index in [-0.39, 0.29) is 16.9 Å². The highest BCUT2D eigenvalue weighted by molar-refractivity contribution is 6.30. The van der Waals surface area contributed by atoms with E-state index in [1.54, 1.807) is 54.2 Å². The van der Waals surface area contributed by atoms with E-state index in [1.807, 2.05) is 30.3 Å². The van der Waals surface area contributed by atoms with Gasteiger partial charge in [-0.2, -0.15) is 0 Å². The van der Waals surface area contributed by atoms with Gasteiger partial charge < -0.3 is 0 Å². The van der Waals surface area contributed by atoms with Crippen molar-refractivity contribution in [2.75, 3.05) is 0 Å². The Labute approximate surface area is 182 Å². The van der Waals surface area contributed by atoms with Crippen LogP contribution >= 0.6 is 11.6 Å². The Morgan fingerprint density at radius 2 is 1.68 bits per heavy atom. The molecular weight excluding hydrogens is 415 g/mol. The Kier molecular flexibility index (Phi) is 4.64. The van der Waals surface area contributed by atoms with Crippen molar-refractivity contribution in [3.05, 3.63) is 106 Å². The molecule has 0 radical (unpaired) electrons. The van der Waals surface area contributed by atoms with Crippen LogP contribution in [0.2, 0.25) is 5.02 Å². The Hall–Kier alpha value is -3.77. The standard InChI is InChI=1S/C24H16ClFN4O/c1-15-7-12-19(20(26)13-15)22-28-23-21(27-14-29(23)17-5-3-2-4-6-17)24(31)30(22)18-10-8-16(25)9-11-18/h2-14H,1H3. The highest BCUT2D eigenvalue weighted by Crippen LogP contribution is 2.26. The SMILES string of the molecule is Cc1ccc(-c2nc3c(ncn3-c3ccccc3)c(=O)n2-c2ccc(Cl)cc2)c(F)c1. The molecule has 0 bridgehead atoms. The molecule has 2 aromatic heterocycles. The summed E-state index contributed by atoms with van der Waals surface area (Å²) in [6, 6.07) is 21.0. The molecule has 0 unspecified atom stereocenters. The molecule has 5 nitrogen and oxygen atoms in total. The van der Waals surface area contributed by atoms with Gasteiger partial charge in [0.25, 0.3) is 5.56 Å². The zero-order chi connectivity index (χ0) is 21.5. The Morgan fingerprint density at radius 1 is 0.935 bits per heavy atom. The van der Waals surface area contributed by atoms with Crippen LogP contribution in [0.5, 0.6) is 0 Å². The number of aryl methyl sites for hydroxylation is 1. The molecule has 0 spiro atoms. The molecule has 0 fully saturated rings. The molecule has 0 amide bonds. The van der Waals surface area contributed by atoms with E-state index in [0.717, 1.165) is 11.3 Å². The van der Waals surface area contributed by atoms with E-state index >= 15 is 0 Å². The number of hydrogen-bond acceptors (Lipinski definition) is 3. The molecule has 7 heteroatoms. The van der Waals surface area contributed by atoms with Crippen LogP contribution in [0, 0.1) is 12.7 Å². The van der Waals surface area contributed by atoms with E-state index in [4.69, 9.17) is 16.6 Å². The summed E-state index contributed by atoms with van der Waals surface area (Å²) < 4.78 is 18.1. The number of para-hydroxylation sites is 1. The van der Waals surface area contributed by atoms with E-state index in [9.17, 15) is 9.18 Å². The van der Waals surface area contributed by atoms with Gasteiger partial charge >= 0.3 is 0 Å². The monoisotopic (exact) mass is 430 g/mol. The molecule has 3 aromatic carbocycles. The first-order chi connectivity index (χ1) is 15.0. The van der Waals surface area contributed by atoms with E-state index in [2.05, 4.69) is 4.98 Å². The fourth-order valence-electron chi connectivity index (χ4n) is 3.54. The van der Waals surface area contributed by atoms with Crippen LogP contribution in [-0.2, 0) is 0 Å². The average molecular weight is 431 g/mol. The van der Waals surface area contributed by atoms with Gasteiger partial charge in [-0.05, 0) is 61.0 Å². The van der Waals surface area contributed by atoms with Crippen LogP contribution in [0.3, 0.4) is 0 Å². The van der Waals surface area contributed by atoms with Crippen LogP contribution in [0.25, 0.3) is 33.9 Å². The first-order valence-corrected chi connectivity index (χ1v) is 9.99. The van der Waals surface area contributed by atoms with Crippen LogP contribution in [0.15, 0.2) is 83.9 Å². The average Bonchev–Trinajstić information content (AvgIpc) is 3.20. The van der Waals surface area contributed by atoms with Crippen LogP contribution < -0.4 is 5.56 Å². The minimum atomic E-state index is -0.459. The minimum absolute atomic E-state index is 0.190. The number of benzene rings is 3. The zero-order valence-corrected chi connectivity index (χ0v) is 17.2. The Balaban J connectivity index is 1.88. The van der Waals surface area contributed by atoms with Crippen LogP contribution in [0.4, 0.5) is 4.39 Å². The number of aromatic nitrogens is 4. The van der Waals surface area contributed by atoms with Gasteiger partial charge in [0.1, 0.15) is 12.1 Å². The van der Waals surface area contributed by atoms with Crippen molar-refractivity contribution in [2.45, 2.75) is 6.92 Å². The van der Waals surface area contributed by atoms with Crippen molar-refractivity contribution < 1.29 is 4.39 Å². The van der Waals surface area contributed by atoms with Crippen molar-refractivity contribution >= 4 is 22.8 Å². The number of halogens is 2. The summed E-state index contributed by atoms with van der Waals surface area (Å²) in [4.78, 5) is 22.6. The smallest absolute Gasteiger partial charge is 0.283 e. The second-order valence-corrected chi connectivity index (χ2v) is 7.59. The molecule has 5 aromatic rings. The lowest BCUT2D eigenvalue weighted by Gasteiger charge is -2.14. The summed E-state index contributed by atoms with van der Waals surface area (Å²) in [5.41, 5.74) is 2.48. The maximum Gasteiger partial charge on any atom is 0.286 e. The van der Waals surface area contributed by atoms with Crippen molar-refractivity contribution in [1.82, 2.24) is 19.1 Å². The summed E-state index contributed by atoms with van der Waals surface area (Å²) in [6.07, 6.45) is 1.55. The molecule has 0 atom stereocenters. The Morgan fingerprint density at radius 3 is 2.39 bits per heavy atom. The van der Waals surface area contributed by atoms with Gasteiger partial charge in [-0.3, -0.25) is 13.9 Å². The number of rotatable bonds is 3. The molecule has 0 aliphatic carbocycles. The summed E-state index contributed by atoms with van der Waals surface area (Å²) >= 11 is 6.03. The lowest BCUT2D eigenvalue weighted by Crippen LogP contribution is -2.22. The molecule has 0 saturated carbocycles. The van der Waals surface area contributed by atoms with Gasteiger partial charge in [-0.1, -0.05) is 35.9 Å². The van der Waals surface area contributed by atoms with Gasteiger partial charge in [-0.25, -0.2) is 14.4 Å². The molecular formula is C24H16ClFN4O. The largest absolute Gasteiger partial charge is 0.286 e. The second-order valence-electron chi connectivity index (χ2n) is 7.16. The molecule has 0 N–H and O–H groups in total. The van der Waals surface area contributed by atoms with E-state index in [0.29, 0.717) is 16.4 Å². The predicted molar refractivity (Wildman–Crippen MR) is 120 cm³/mol. The number of nitrogens with zero attached hydrogens (tertiary/aromatic N) is 4. The number of imidazole rings is 1. The second kappa shape index (κ2) is 7.49. The highest BCUT2D eigenvalue weighted by atomic mass is 35.5. The fourth-order valence-corrected chi connectivity index (χ4v) is 3.67. The molecule has 152 valence electrons. The van der Waals surface area contributed by atoms with E-state index in [1.165, 1.54) is 10.6 Å². The third-order valence-corrected chi connectivity index (χ3v) is 5.31. The molecule has 0 aliphatic heterocycles. The molecule has 5 rings (SSSR count). The van der Waals surface area contributed by atoms with Crippen molar-refractivity contribution in [3.63, 3.8) is 0 Å². The highest BCUT2D eigenvalue weighted by Gasteiger charge is 2.20. The third-order valence-electron chi connectivity index (χ3n) is 5.06. The number of hydrogen-bond donors (Lipinski definition) is 0. The maximum atomic E-state index is 15.0. The quantitative estimate of drug-likeness (QED) is 0.388. The van der Waals surface area contributed by atoms with Gasteiger partial charge in [0, 0.05) is 10.7 Å². The summed E-state index contributed by atoms with van der Waals surface area (Å²) in [5, 5.41) is 0.530. The normalized spacial score (nSPS) is 11.2. The van der Waals surface area contributed by atoms with Crippen molar-refractivity contribution in [3.8, 4) is 22.8 Å². The first-order valence-electron chi connectivity index (χ1n) is 9.61. The summed E-state index contributed by atoms with van der Waals surface area (Å²) in [6.45, 7) is 1.81. The van der Waals surface area contributed by atoms with Crippen molar-refractivity contribution in [1.29, 1.82) is 0 Å². The van der Waals surface area contributed by atoms with Crippen molar-refractivity contribution in [2.24, 2.45) is 0 Å². The summed E-state index contributed by atoms with van der Waals surface area (Å²) in [7, 11) is 0. The van der Waals surface area contributed by atoms with Crippen LogP contribution in [-0.4, -0.2) is 19.1 Å². The van der Waals surface area contributed by atoms with Gasteiger partial charge in [0.15, 0.2) is 17.0 Å². The molecule has 31 heavy (non-hydrogen) atoms. The first kappa shape index (κ1) is 19.2. The lowest BCUT2D eigenvalue weighted by molar-refractivity contribution is 0.628. The lowest BCUT2D eigenvalue weighted by atomic mass is 10.1. The summed E-state index contributed by atoms with van der Waals surface area (Å²) in [5.74, 6) is -0.269. The number of fused-ring (bicyclic) bond motifs is 1. The predicted octanol–water partition coefficient (Wildman–Crippen LogP) is 5.34. The zero-order valence-electron chi connectivity index (χ0n) is 16.5. The fraction of sp³-hybridized carbons (Fsp3) is 0.0417. The van der Waals surface area contributed by atoms with Gasteiger partial charge in [0.2, 0.25) is 0 Å².